The zero-order valence-corrected chi connectivity index (χ0v) is 12.1. The van der Waals surface area contributed by atoms with Gasteiger partial charge in [0.1, 0.15) is 0 Å². The number of pyridine rings is 1. The number of carbonyl (C=O) groups is 2. The zero-order valence-electron chi connectivity index (χ0n) is 12.1. The van der Waals surface area contributed by atoms with Crippen molar-refractivity contribution in [3.8, 4) is 0 Å². The molecule has 0 aromatic carbocycles. The largest absolute Gasteiger partial charge is 0.481 e. The molecule has 1 fully saturated rings. The Labute approximate surface area is 123 Å². The van der Waals surface area contributed by atoms with E-state index < -0.39 is 5.97 Å². The van der Waals surface area contributed by atoms with Gasteiger partial charge in [0.25, 0.3) is 0 Å². The van der Waals surface area contributed by atoms with Crippen LogP contribution in [0, 0.1) is 6.92 Å². The number of carboxylic acids is 1. The number of aryl methyl sites for hydroxylation is 1. The molecule has 0 spiro atoms. The number of hydrogen-bond donors (Lipinski definition) is 2. The van der Waals surface area contributed by atoms with Gasteiger partial charge in [-0.2, -0.15) is 0 Å². The van der Waals surface area contributed by atoms with Crippen LogP contribution in [0.4, 0.5) is 10.5 Å². The maximum Gasteiger partial charge on any atom is 0.321 e. The Bertz CT molecular complexity index is 513. The van der Waals surface area contributed by atoms with Gasteiger partial charge in [-0.15, -0.1) is 0 Å². The SMILES string of the molecule is Cc1ncccc1NC(=O)N1CCN(CCC(=O)O)CC1. The van der Waals surface area contributed by atoms with Crippen LogP contribution in [0.1, 0.15) is 12.1 Å². The highest BCUT2D eigenvalue weighted by molar-refractivity contribution is 5.89. The maximum atomic E-state index is 12.2. The number of piperazine rings is 1. The monoisotopic (exact) mass is 292 g/mol. The summed E-state index contributed by atoms with van der Waals surface area (Å²) in [6, 6.07) is 3.47. The third-order valence-corrected chi connectivity index (χ3v) is 3.55. The molecule has 21 heavy (non-hydrogen) atoms. The molecule has 1 saturated heterocycles. The summed E-state index contributed by atoms with van der Waals surface area (Å²) in [4.78, 5) is 30.6. The third-order valence-electron chi connectivity index (χ3n) is 3.55. The van der Waals surface area contributed by atoms with Crippen LogP contribution in [-0.2, 0) is 4.79 Å². The Balaban J connectivity index is 1.81. The Morgan fingerprint density at radius 2 is 2.05 bits per heavy atom. The summed E-state index contributed by atoms with van der Waals surface area (Å²) in [6.45, 7) is 4.99. The third kappa shape index (κ3) is 4.42. The zero-order chi connectivity index (χ0) is 15.2. The second-order valence-electron chi connectivity index (χ2n) is 5.04. The number of nitrogens with zero attached hydrogens (tertiary/aromatic N) is 3. The molecule has 114 valence electrons. The van der Waals surface area contributed by atoms with E-state index in [9.17, 15) is 9.59 Å². The van der Waals surface area contributed by atoms with Gasteiger partial charge in [-0.25, -0.2) is 4.79 Å². The summed E-state index contributed by atoms with van der Waals surface area (Å²) in [5, 5.41) is 11.5. The summed E-state index contributed by atoms with van der Waals surface area (Å²) in [6.07, 6.45) is 1.83. The van der Waals surface area contributed by atoms with Crippen molar-refractivity contribution < 1.29 is 14.7 Å². The van der Waals surface area contributed by atoms with Crippen molar-refractivity contribution in [2.75, 3.05) is 38.0 Å². The van der Waals surface area contributed by atoms with Crippen molar-refractivity contribution in [2.45, 2.75) is 13.3 Å². The van der Waals surface area contributed by atoms with E-state index in [4.69, 9.17) is 5.11 Å². The van der Waals surface area contributed by atoms with E-state index in [1.807, 2.05) is 13.0 Å². The highest BCUT2D eigenvalue weighted by Crippen LogP contribution is 2.12. The molecule has 0 atom stereocenters. The molecule has 2 N–H and O–H groups in total. The lowest BCUT2D eigenvalue weighted by Crippen LogP contribution is -2.50. The first-order valence-corrected chi connectivity index (χ1v) is 6.98. The first-order chi connectivity index (χ1) is 10.1. The van der Waals surface area contributed by atoms with Gasteiger partial charge in [0.15, 0.2) is 0 Å². The summed E-state index contributed by atoms with van der Waals surface area (Å²) in [5.41, 5.74) is 1.50. The molecule has 0 radical (unpaired) electrons. The summed E-state index contributed by atoms with van der Waals surface area (Å²) in [5.74, 6) is -0.790. The van der Waals surface area contributed by atoms with Crippen LogP contribution in [0.25, 0.3) is 0 Å². The summed E-state index contributed by atoms with van der Waals surface area (Å²) in [7, 11) is 0. The van der Waals surface area contributed by atoms with Crippen LogP contribution in [0.5, 0.6) is 0 Å². The first-order valence-electron chi connectivity index (χ1n) is 6.98. The Morgan fingerprint density at radius 3 is 2.67 bits per heavy atom. The second-order valence-corrected chi connectivity index (χ2v) is 5.04. The minimum atomic E-state index is -0.790. The Kier molecular flexibility index (Phi) is 5.10. The molecule has 0 bridgehead atoms. The molecule has 1 aliphatic rings. The van der Waals surface area contributed by atoms with Crippen LogP contribution in [0.3, 0.4) is 0 Å². The van der Waals surface area contributed by atoms with Gasteiger partial charge in [-0.1, -0.05) is 0 Å². The van der Waals surface area contributed by atoms with Crippen molar-refractivity contribution in [3.05, 3.63) is 24.0 Å². The molecular formula is C14H20N4O3. The van der Waals surface area contributed by atoms with E-state index in [2.05, 4.69) is 15.2 Å². The van der Waals surface area contributed by atoms with Gasteiger partial charge in [0.05, 0.1) is 17.8 Å². The van der Waals surface area contributed by atoms with Gasteiger partial charge in [-0.05, 0) is 19.1 Å². The van der Waals surface area contributed by atoms with Gasteiger partial charge in [0, 0.05) is 38.9 Å². The summed E-state index contributed by atoms with van der Waals surface area (Å²) < 4.78 is 0. The molecular weight excluding hydrogens is 272 g/mol. The van der Waals surface area contributed by atoms with E-state index in [1.54, 1.807) is 17.2 Å². The quantitative estimate of drug-likeness (QED) is 0.865. The van der Waals surface area contributed by atoms with E-state index in [0.717, 1.165) is 11.4 Å². The number of amides is 2. The maximum absolute atomic E-state index is 12.2. The number of aromatic nitrogens is 1. The predicted molar refractivity (Wildman–Crippen MR) is 78.3 cm³/mol. The number of nitrogens with one attached hydrogen (secondary N) is 1. The molecule has 1 aliphatic heterocycles. The van der Waals surface area contributed by atoms with Gasteiger partial charge in [0.2, 0.25) is 0 Å². The summed E-state index contributed by atoms with van der Waals surface area (Å²) >= 11 is 0. The molecule has 2 heterocycles. The molecule has 0 saturated carbocycles. The fourth-order valence-electron chi connectivity index (χ4n) is 2.24. The van der Waals surface area contributed by atoms with Crippen molar-refractivity contribution >= 4 is 17.7 Å². The lowest BCUT2D eigenvalue weighted by Gasteiger charge is -2.34. The molecule has 2 rings (SSSR count). The van der Waals surface area contributed by atoms with Crippen molar-refractivity contribution in [1.29, 1.82) is 0 Å². The Hall–Kier alpha value is -2.15. The van der Waals surface area contributed by atoms with Gasteiger partial charge >= 0.3 is 12.0 Å². The lowest BCUT2D eigenvalue weighted by molar-refractivity contribution is -0.137. The molecule has 1 aromatic rings. The fraction of sp³-hybridized carbons (Fsp3) is 0.500. The number of aliphatic carboxylic acids is 1. The molecule has 0 unspecified atom stereocenters. The van der Waals surface area contributed by atoms with Crippen molar-refractivity contribution in [3.63, 3.8) is 0 Å². The predicted octanol–water partition coefficient (Wildman–Crippen LogP) is 1.01. The molecule has 7 nitrogen and oxygen atoms in total. The molecule has 7 heteroatoms. The topological polar surface area (TPSA) is 85.8 Å². The molecule has 0 aliphatic carbocycles. The number of rotatable bonds is 4. The number of hydrogen-bond acceptors (Lipinski definition) is 4. The van der Waals surface area contributed by atoms with Gasteiger partial charge in [-0.3, -0.25) is 14.7 Å². The average Bonchev–Trinajstić information content (AvgIpc) is 2.48. The van der Waals surface area contributed by atoms with Crippen LogP contribution < -0.4 is 5.32 Å². The van der Waals surface area contributed by atoms with E-state index in [0.29, 0.717) is 32.7 Å². The average molecular weight is 292 g/mol. The van der Waals surface area contributed by atoms with Crippen LogP contribution >= 0.6 is 0 Å². The van der Waals surface area contributed by atoms with Crippen molar-refractivity contribution in [1.82, 2.24) is 14.8 Å². The number of anilines is 1. The van der Waals surface area contributed by atoms with Crippen LogP contribution in [0.15, 0.2) is 18.3 Å². The minimum Gasteiger partial charge on any atom is -0.481 e. The minimum absolute atomic E-state index is 0.135. The highest BCUT2D eigenvalue weighted by Gasteiger charge is 2.21. The normalized spacial score (nSPS) is 15.8. The Morgan fingerprint density at radius 1 is 1.33 bits per heavy atom. The number of urea groups is 1. The highest BCUT2D eigenvalue weighted by atomic mass is 16.4. The van der Waals surface area contributed by atoms with Crippen LogP contribution in [0.2, 0.25) is 0 Å². The fourth-order valence-corrected chi connectivity index (χ4v) is 2.24. The van der Waals surface area contributed by atoms with Gasteiger partial charge < -0.3 is 15.3 Å². The standard InChI is InChI=1S/C14H20N4O3/c1-11-12(3-2-5-15-11)16-14(21)18-9-7-17(8-10-18)6-4-13(19)20/h2-3,5H,4,6-10H2,1H3,(H,16,21)(H,19,20). The smallest absolute Gasteiger partial charge is 0.321 e. The number of carbonyl (C=O) groups excluding carboxylic acids is 1. The van der Waals surface area contributed by atoms with Crippen LogP contribution in [-0.4, -0.2) is 64.6 Å². The van der Waals surface area contributed by atoms with Crippen molar-refractivity contribution in [2.24, 2.45) is 0 Å². The van der Waals surface area contributed by atoms with E-state index in [1.165, 1.54) is 0 Å². The van der Waals surface area contributed by atoms with E-state index >= 15 is 0 Å². The van der Waals surface area contributed by atoms with E-state index in [-0.39, 0.29) is 12.5 Å². The lowest BCUT2D eigenvalue weighted by atomic mass is 10.3. The molecule has 1 aromatic heterocycles. The second kappa shape index (κ2) is 7.03. The first kappa shape index (κ1) is 15.2. The molecule has 2 amide bonds. The number of carboxylic acid groups (broad SMARTS) is 1.